The molecule has 5 heteroatoms. The van der Waals surface area contributed by atoms with E-state index in [4.69, 9.17) is 16.3 Å². The molecule has 2 aromatic carbocycles. The summed E-state index contributed by atoms with van der Waals surface area (Å²) in [6.45, 7) is 5.75. The summed E-state index contributed by atoms with van der Waals surface area (Å²) >= 11 is 5.87. The Morgan fingerprint density at radius 1 is 1.04 bits per heavy atom. The van der Waals surface area contributed by atoms with E-state index in [2.05, 4.69) is 29.2 Å². The van der Waals surface area contributed by atoms with Crippen LogP contribution in [0.15, 0.2) is 54.6 Å². The number of nitrogens with one attached hydrogen (secondary N) is 1. The number of anilines is 1. The lowest BCUT2D eigenvalue weighted by molar-refractivity contribution is -0.903. The second kappa shape index (κ2) is 9.20. The van der Waals surface area contributed by atoms with Crippen LogP contribution < -0.4 is 9.80 Å². The number of quaternary nitrogens is 1. The van der Waals surface area contributed by atoms with Crippen molar-refractivity contribution < 1.29 is 14.7 Å². The van der Waals surface area contributed by atoms with Crippen molar-refractivity contribution in [3.8, 4) is 0 Å². The van der Waals surface area contributed by atoms with Crippen molar-refractivity contribution in [3.63, 3.8) is 0 Å². The number of halogens is 1. The van der Waals surface area contributed by atoms with Gasteiger partial charge in [0.1, 0.15) is 12.6 Å². The van der Waals surface area contributed by atoms with Crippen molar-refractivity contribution in [2.75, 3.05) is 44.2 Å². The maximum atomic E-state index is 10.2. The highest BCUT2D eigenvalue weighted by Crippen LogP contribution is 2.12. The zero-order valence-corrected chi connectivity index (χ0v) is 15.2. The fourth-order valence-electron chi connectivity index (χ4n) is 3.21. The molecule has 3 rings (SSSR count). The minimum absolute atomic E-state index is 0.370. The Hall–Kier alpha value is -1.59. The Morgan fingerprint density at radius 3 is 2.40 bits per heavy atom. The first-order valence-electron chi connectivity index (χ1n) is 8.84. The summed E-state index contributed by atoms with van der Waals surface area (Å²) in [6, 6.07) is 18.1. The van der Waals surface area contributed by atoms with Gasteiger partial charge in [-0.2, -0.15) is 0 Å². The summed E-state index contributed by atoms with van der Waals surface area (Å²) in [4.78, 5) is 3.85. The number of hydrogen-bond donors (Lipinski definition) is 2. The van der Waals surface area contributed by atoms with E-state index in [1.165, 1.54) is 10.6 Å². The Kier molecular flexibility index (Phi) is 6.70. The number of rotatable bonds is 7. The minimum atomic E-state index is -0.425. The SMILES string of the molecule is O[C@@H](COCc1ccc(Cl)cc1)C[NH+]1CCN(c2ccccc2)CC1. The third-order valence-electron chi connectivity index (χ3n) is 4.61. The van der Waals surface area contributed by atoms with Gasteiger partial charge in [0.05, 0.1) is 39.4 Å². The number of para-hydroxylation sites is 1. The first-order valence-corrected chi connectivity index (χ1v) is 9.22. The molecule has 0 aliphatic carbocycles. The van der Waals surface area contributed by atoms with E-state index in [0.717, 1.165) is 43.3 Å². The van der Waals surface area contributed by atoms with Gasteiger partial charge in [0.25, 0.3) is 0 Å². The molecule has 0 spiro atoms. The van der Waals surface area contributed by atoms with Gasteiger partial charge in [-0.15, -0.1) is 0 Å². The van der Waals surface area contributed by atoms with Crippen molar-refractivity contribution in [2.45, 2.75) is 12.7 Å². The molecule has 1 heterocycles. The van der Waals surface area contributed by atoms with Crippen molar-refractivity contribution in [1.82, 2.24) is 0 Å². The van der Waals surface area contributed by atoms with Gasteiger partial charge in [-0.3, -0.25) is 0 Å². The summed E-state index contributed by atoms with van der Waals surface area (Å²) in [5, 5.41) is 11.0. The monoisotopic (exact) mass is 361 g/mol. The van der Waals surface area contributed by atoms with Crippen LogP contribution in [0.1, 0.15) is 5.56 Å². The van der Waals surface area contributed by atoms with Gasteiger partial charge in [0, 0.05) is 10.7 Å². The van der Waals surface area contributed by atoms with Crippen LogP contribution in [0.25, 0.3) is 0 Å². The molecule has 0 radical (unpaired) electrons. The fourth-order valence-corrected chi connectivity index (χ4v) is 3.34. The summed E-state index contributed by atoms with van der Waals surface area (Å²) in [6.07, 6.45) is -0.425. The normalized spacial score (nSPS) is 16.8. The zero-order chi connectivity index (χ0) is 17.5. The van der Waals surface area contributed by atoms with Crippen LogP contribution in [0.2, 0.25) is 5.02 Å². The molecule has 0 amide bonds. The third kappa shape index (κ3) is 5.72. The predicted octanol–water partition coefficient (Wildman–Crippen LogP) is 1.62. The Balaban J connectivity index is 1.35. The van der Waals surface area contributed by atoms with Crippen LogP contribution in [0, 0.1) is 0 Å². The second-order valence-corrected chi connectivity index (χ2v) is 7.01. The molecule has 1 saturated heterocycles. The Labute approximate surface area is 154 Å². The van der Waals surface area contributed by atoms with E-state index in [-0.39, 0.29) is 0 Å². The third-order valence-corrected chi connectivity index (χ3v) is 4.86. The number of aliphatic hydroxyl groups is 1. The molecule has 1 fully saturated rings. The molecule has 1 aliphatic rings. The molecule has 0 unspecified atom stereocenters. The molecule has 0 saturated carbocycles. The van der Waals surface area contributed by atoms with Crippen LogP contribution in [0.3, 0.4) is 0 Å². The number of aliphatic hydroxyl groups excluding tert-OH is 1. The maximum absolute atomic E-state index is 10.2. The minimum Gasteiger partial charge on any atom is -0.385 e. The quantitative estimate of drug-likeness (QED) is 0.787. The lowest BCUT2D eigenvalue weighted by atomic mass is 10.2. The molecule has 25 heavy (non-hydrogen) atoms. The van der Waals surface area contributed by atoms with E-state index in [1.807, 2.05) is 30.3 Å². The van der Waals surface area contributed by atoms with Crippen molar-refractivity contribution >= 4 is 17.3 Å². The summed E-state index contributed by atoms with van der Waals surface area (Å²) in [5.74, 6) is 0. The second-order valence-electron chi connectivity index (χ2n) is 6.57. The molecule has 0 aromatic heterocycles. The molecular weight excluding hydrogens is 336 g/mol. The lowest BCUT2D eigenvalue weighted by Crippen LogP contribution is -3.16. The van der Waals surface area contributed by atoms with E-state index < -0.39 is 6.10 Å². The highest BCUT2D eigenvalue weighted by atomic mass is 35.5. The summed E-state index contributed by atoms with van der Waals surface area (Å²) in [7, 11) is 0. The van der Waals surface area contributed by atoms with Crippen molar-refractivity contribution in [1.29, 1.82) is 0 Å². The zero-order valence-electron chi connectivity index (χ0n) is 14.4. The Morgan fingerprint density at radius 2 is 1.72 bits per heavy atom. The van der Waals surface area contributed by atoms with Gasteiger partial charge in [-0.05, 0) is 29.8 Å². The maximum Gasteiger partial charge on any atom is 0.126 e. The average Bonchev–Trinajstić information content (AvgIpc) is 2.65. The fraction of sp³-hybridized carbons (Fsp3) is 0.400. The highest BCUT2D eigenvalue weighted by Gasteiger charge is 2.22. The molecule has 4 nitrogen and oxygen atoms in total. The van der Waals surface area contributed by atoms with Crippen LogP contribution in [-0.2, 0) is 11.3 Å². The van der Waals surface area contributed by atoms with Gasteiger partial charge >= 0.3 is 0 Å². The molecule has 2 N–H and O–H groups in total. The van der Waals surface area contributed by atoms with Gasteiger partial charge in [0.15, 0.2) is 0 Å². The van der Waals surface area contributed by atoms with Crippen molar-refractivity contribution in [3.05, 3.63) is 65.2 Å². The van der Waals surface area contributed by atoms with Crippen LogP contribution in [0.4, 0.5) is 5.69 Å². The summed E-state index contributed by atoms with van der Waals surface area (Å²) in [5.41, 5.74) is 2.36. The van der Waals surface area contributed by atoms with E-state index >= 15 is 0 Å². The average molecular weight is 362 g/mol. The molecular formula is C20H26ClN2O2+. The first-order chi connectivity index (χ1) is 12.2. The lowest BCUT2D eigenvalue weighted by Gasteiger charge is -2.34. The van der Waals surface area contributed by atoms with E-state index in [0.29, 0.717) is 13.2 Å². The molecule has 0 bridgehead atoms. The van der Waals surface area contributed by atoms with Gasteiger partial charge in [0.2, 0.25) is 0 Å². The van der Waals surface area contributed by atoms with Crippen LogP contribution >= 0.6 is 11.6 Å². The van der Waals surface area contributed by atoms with Gasteiger partial charge < -0.3 is 19.6 Å². The number of nitrogens with zero attached hydrogens (tertiary/aromatic N) is 1. The number of ether oxygens (including phenoxy) is 1. The van der Waals surface area contributed by atoms with Crippen LogP contribution in [-0.4, -0.2) is 50.5 Å². The van der Waals surface area contributed by atoms with Gasteiger partial charge in [-0.25, -0.2) is 0 Å². The van der Waals surface area contributed by atoms with Crippen LogP contribution in [0.5, 0.6) is 0 Å². The predicted molar refractivity (Wildman–Crippen MR) is 101 cm³/mol. The highest BCUT2D eigenvalue weighted by molar-refractivity contribution is 6.30. The standard InChI is InChI=1S/C20H25ClN2O2/c21-18-8-6-17(7-9-18)15-25-16-20(24)14-22-10-12-23(13-11-22)19-4-2-1-3-5-19/h1-9,20,24H,10-16H2/p+1/t20-/m1/s1. The van der Waals surface area contributed by atoms with E-state index in [1.54, 1.807) is 0 Å². The number of hydrogen-bond acceptors (Lipinski definition) is 3. The van der Waals surface area contributed by atoms with Gasteiger partial charge in [-0.1, -0.05) is 41.9 Å². The number of piperazine rings is 1. The van der Waals surface area contributed by atoms with E-state index in [9.17, 15) is 5.11 Å². The number of benzene rings is 2. The topological polar surface area (TPSA) is 37.1 Å². The summed E-state index contributed by atoms with van der Waals surface area (Å²) < 4.78 is 5.64. The molecule has 1 aliphatic heterocycles. The molecule has 134 valence electrons. The smallest absolute Gasteiger partial charge is 0.126 e. The first kappa shape index (κ1) is 18.2. The Bertz CT molecular complexity index is 628. The molecule has 1 atom stereocenters. The molecule has 2 aromatic rings. The largest absolute Gasteiger partial charge is 0.385 e. The van der Waals surface area contributed by atoms with Crippen molar-refractivity contribution in [2.24, 2.45) is 0 Å².